The van der Waals surface area contributed by atoms with Crippen molar-refractivity contribution >= 4 is 23.4 Å². The molecule has 0 aliphatic heterocycles. The number of hydrogen-bond acceptors (Lipinski definition) is 4. The summed E-state index contributed by atoms with van der Waals surface area (Å²) < 4.78 is 5.54. The number of thiazole rings is 1. The van der Waals surface area contributed by atoms with E-state index in [1.54, 1.807) is 6.20 Å². The first-order valence-electron chi connectivity index (χ1n) is 5.27. The Morgan fingerprint density at radius 1 is 1.39 bits per heavy atom. The number of hydrogen-bond donors (Lipinski definition) is 1. The van der Waals surface area contributed by atoms with Gasteiger partial charge in [-0.15, -0.1) is 11.3 Å². The normalized spacial score (nSPS) is 10.7. The highest BCUT2D eigenvalue weighted by Gasteiger charge is 2.01. The predicted octanol–water partition coefficient (Wildman–Crippen LogP) is 2.82. The third-order valence-electron chi connectivity index (χ3n) is 2.07. The summed E-state index contributed by atoms with van der Waals surface area (Å²) in [5, 5.41) is 9.32. The minimum absolute atomic E-state index is 0.385. The topological polar surface area (TPSA) is 59.4 Å². The number of aliphatic carboxylic acids is 1. The summed E-state index contributed by atoms with van der Waals surface area (Å²) in [7, 11) is 0. The maximum absolute atomic E-state index is 10.4. The molecule has 1 aromatic carbocycles. The standard InChI is InChI=1S/C13H11NO3S/c15-13(16)7-6-11-8-14-12(18-11)9-17-10-4-2-1-3-5-10/h1-8H,9H2,(H,15,16)/b7-6+. The Bertz CT molecular complexity index is 548. The third kappa shape index (κ3) is 3.71. The molecular weight excluding hydrogens is 250 g/mol. The van der Waals surface area contributed by atoms with Crippen LogP contribution in [0, 0.1) is 0 Å². The number of aromatic nitrogens is 1. The number of carboxylic acids is 1. The van der Waals surface area contributed by atoms with Gasteiger partial charge < -0.3 is 9.84 Å². The highest BCUT2D eigenvalue weighted by atomic mass is 32.1. The van der Waals surface area contributed by atoms with Crippen molar-refractivity contribution in [1.82, 2.24) is 4.98 Å². The fourth-order valence-corrected chi connectivity index (χ4v) is 2.02. The van der Waals surface area contributed by atoms with E-state index in [2.05, 4.69) is 4.98 Å². The zero-order valence-corrected chi connectivity index (χ0v) is 10.3. The van der Waals surface area contributed by atoms with Gasteiger partial charge in [-0.25, -0.2) is 9.78 Å². The van der Waals surface area contributed by atoms with Crippen molar-refractivity contribution in [2.24, 2.45) is 0 Å². The van der Waals surface area contributed by atoms with E-state index in [1.807, 2.05) is 30.3 Å². The van der Waals surface area contributed by atoms with Crippen LogP contribution in [0.2, 0.25) is 0 Å². The molecule has 0 amide bonds. The van der Waals surface area contributed by atoms with E-state index in [1.165, 1.54) is 17.4 Å². The average Bonchev–Trinajstić information content (AvgIpc) is 2.83. The van der Waals surface area contributed by atoms with Gasteiger partial charge in [-0.1, -0.05) is 18.2 Å². The van der Waals surface area contributed by atoms with E-state index in [0.29, 0.717) is 6.61 Å². The molecule has 1 heterocycles. The molecule has 0 radical (unpaired) electrons. The summed E-state index contributed by atoms with van der Waals surface area (Å²) in [6, 6.07) is 9.47. The molecule has 2 rings (SSSR count). The van der Waals surface area contributed by atoms with Crippen molar-refractivity contribution in [2.75, 3.05) is 0 Å². The molecule has 0 saturated carbocycles. The van der Waals surface area contributed by atoms with Crippen molar-refractivity contribution in [3.63, 3.8) is 0 Å². The maximum atomic E-state index is 10.4. The number of ether oxygens (including phenoxy) is 1. The number of benzene rings is 1. The largest absolute Gasteiger partial charge is 0.486 e. The van der Waals surface area contributed by atoms with Crippen LogP contribution in [-0.2, 0) is 11.4 Å². The van der Waals surface area contributed by atoms with Crippen molar-refractivity contribution in [1.29, 1.82) is 0 Å². The van der Waals surface area contributed by atoms with Gasteiger partial charge in [0.25, 0.3) is 0 Å². The van der Waals surface area contributed by atoms with E-state index in [9.17, 15) is 4.79 Å². The Kier molecular flexibility index (Phi) is 4.09. The molecular formula is C13H11NO3S. The first kappa shape index (κ1) is 12.3. The second kappa shape index (κ2) is 5.97. The van der Waals surface area contributed by atoms with E-state index in [4.69, 9.17) is 9.84 Å². The zero-order valence-electron chi connectivity index (χ0n) is 9.45. The molecule has 0 spiro atoms. The third-order valence-corrected chi connectivity index (χ3v) is 3.00. The van der Waals surface area contributed by atoms with Gasteiger partial charge in [0.15, 0.2) is 0 Å². The zero-order chi connectivity index (χ0) is 12.8. The Labute approximate surface area is 108 Å². The van der Waals surface area contributed by atoms with Gasteiger partial charge in [-0.05, 0) is 18.2 Å². The van der Waals surface area contributed by atoms with Gasteiger partial charge in [0.05, 0.1) is 0 Å². The lowest BCUT2D eigenvalue weighted by Crippen LogP contribution is -1.93. The molecule has 0 aliphatic carbocycles. The minimum Gasteiger partial charge on any atom is -0.486 e. The maximum Gasteiger partial charge on any atom is 0.328 e. The Balaban J connectivity index is 1.93. The molecule has 18 heavy (non-hydrogen) atoms. The van der Waals surface area contributed by atoms with Crippen LogP contribution in [0.4, 0.5) is 0 Å². The molecule has 0 bridgehead atoms. The number of nitrogens with zero attached hydrogens (tertiary/aromatic N) is 1. The van der Waals surface area contributed by atoms with Crippen LogP contribution in [0.25, 0.3) is 6.08 Å². The number of carbonyl (C=O) groups is 1. The molecule has 0 atom stereocenters. The monoisotopic (exact) mass is 261 g/mol. The van der Waals surface area contributed by atoms with Gasteiger partial charge in [-0.2, -0.15) is 0 Å². The summed E-state index contributed by atoms with van der Waals surface area (Å²) in [4.78, 5) is 15.3. The highest BCUT2D eigenvalue weighted by molar-refractivity contribution is 7.12. The smallest absolute Gasteiger partial charge is 0.328 e. The first-order valence-corrected chi connectivity index (χ1v) is 6.09. The van der Waals surface area contributed by atoms with Crippen LogP contribution in [0.1, 0.15) is 9.88 Å². The van der Waals surface area contributed by atoms with Crippen molar-refractivity contribution in [2.45, 2.75) is 6.61 Å². The molecule has 1 aromatic heterocycles. The van der Waals surface area contributed by atoms with Crippen LogP contribution in [0.3, 0.4) is 0 Å². The summed E-state index contributed by atoms with van der Waals surface area (Å²) in [6.07, 6.45) is 4.25. The first-order chi connectivity index (χ1) is 8.74. The average molecular weight is 261 g/mol. The quantitative estimate of drug-likeness (QED) is 0.841. The Morgan fingerprint density at radius 2 is 2.17 bits per heavy atom. The molecule has 92 valence electrons. The lowest BCUT2D eigenvalue weighted by atomic mass is 10.3. The Hall–Kier alpha value is -2.14. The van der Waals surface area contributed by atoms with Gasteiger partial charge in [0.2, 0.25) is 0 Å². The molecule has 1 N–H and O–H groups in total. The van der Waals surface area contributed by atoms with Gasteiger partial charge >= 0.3 is 5.97 Å². The summed E-state index contributed by atoms with van der Waals surface area (Å²) in [5.74, 6) is -0.180. The van der Waals surface area contributed by atoms with Crippen molar-refractivity contribution in [3.8, 4) is 5.75 Å². The SMILES string of the molecule is O=C(O)/C=C/c1cnc(COc2ccccc2)s1. The van der Waals surface area contributed by atoms with Gasteiger partial charge in [-0.3, -0.25) is 0 Å². The van der Waals surface area contributed by atoms with Gasteiger partial charge in [0, 0.05) is 17.2 Å². The highest BCUT2D eigenvalue weighted by Crippen LogP contribution is 2.17. The molecule has 0 saturated heterocycles. The summed E-state index contributed by atoms with van der Waals surface area (Å²) in [5.41, 5.74) is 0. The molecule has 0 unspecified atom stereocenters. The molecule has 5 heteroatoms. The van der Waals surface area contributed by atoms with Crippen LogP contribution < -0.4 is 4.74 Å². The summed E-state index contributed by atoms with van der Waals surface area (Å²) >= 11 is 1.41. The second-order valence-corrected chi connectivity index (χ2v) is 4.58. The predicted molar refractivity (Wildman–Crippen MR) is 69.6 cm³/mol. The Morgan fingerprint density at radius 3 is 2.89 bits per heavy atom. The lowest BCUT2D eigenvalue weighted by Gasteiger charge is -2.02. The van der Waals surface area contributed by atoms with Crippen LogP contribution in [-0.4, -0.2) is 16.1 Å². The number of para-hydroxylation sites is 1. The minimum atomic E-state index is -0.967. The van der Waals surface area contributed by atoms with Gasteiger partial charge in [0.1, 0.15) is 17.4 Å². The summed E-state index contributed by atoms with van der Waals surface area (Å²) in [6.45, 7) is 0.385. The van der Waals surface area contributed by atoms with E-state index < -0.39 is 5.97 Å². The van der Waals surface area contributed by atoms with Crippen LogP contribution in [0.5, 0.6) is 5.75 Å². The van der Waals surface area contributed by atoms with Crippen LogP contribution in [0.15, 0.2) is 42.6 Å². The fraction of sp³-hybridized carbons (Fsp3) is 0.0769. The number of carboxylic acid groups (broad SMARTS) is 1. The molecule has 2 aromatic rings. The molecule has 0 fully saturated rings. The van der Waals surface area contributed by atoms with Crippen molar-refractivity contribution < 1.29 is 14.6 Å². The molecule has 4 nitrogen and oxygen atoms in total. The lowest BCUT2D eigenvalue weighted by molar-refractivity contribution is -0.131. The van der Waals surface area contributed by atoms with E-state index in [-0.39, 0.29) is 0 Å². The fourth-order valence-electron chi connectivity index (χ4n) is 1.28. The molecule has 0 aliphatic rings. The van der Waals surface area contributed by atoms with Crippen LogP contribution >= 0.6 is 11.3 Å². The second-order valence-electron chi connectivity index (χ2n) is 3.43. The van der Waals surface area contributed by atoms with E-state index in [0.717, 1.165) is 21.7 Å². The number of rotatable bonds is 5. The van der Waals surface area contributed by atoms with Crippen molar-refractivity contribution in [3.05, 3.63) is 52.5 Å². The van der Waals surface area contributed by atoms with E-state index >= 15 is 0 Å².